The molecule has 0 radical (unpaired) electrons. The molecule has 6 atom stereocenters. The second kappa shape index (κ2) is 42.1. The first-order valence-electron chi connectivity index (χ1n) is 25.4. The van der Waals surface area contributed by atoms with Crippen LogP contribution in [0.3, 0.4) is 0 Å². The first-order chi connectivity index (χ1) is 29.8. The van der Waals surface area contributed by atoms with Gasteiger partial charge < -0.3 is 39.4 Å². The Morgan fingerprint density at radius 1 is 0.508 bits per heavy atom. The van der Waals surface area contributed by atoms with Crippen LogP contribution in [0.15, 0.2) is 24.3 Å². The summed E-state index contributed by atoms with van der Waals surface area (Å²) in [7, 11) is 0. The highest BCUT2D eigenvalue weighted by molar-refractivity contribution is 5.70. The van der Waals surface area contributed by atoms with E-state index >= 15 is 0 Å². The van der Waals surface area contributed by atoms with Crippen LogP contribution in [0.2, 0.25) is 0 Å². The number of ether oxygens (including phenoxy) is 4. The molecule has 1 saturated heterocycles. The maximum Gasteiger partial charge on any atom is 0.306 e. The van der Waals surface area contributed by atoms with Gasteiger partial charge in [-0.05, 0) is 38.5 Å². The fourth-order valence-electron chi connectivity index (χ4n) is 7.79. The molecule has 0 aromatic heterocycles. The van der Waals surface area contributed by atoms with E-state index in [9.17, 15) is 30.0 Å². The van der Waals surface area contributed by atoms with Gasteiger partial charge in [-0.25, -0.2) is 0 Å². The zero-order valence-electron chi connectivity index (χ0n) is 39.2. The predicted octanol–water partition coefficient (Wildman–Crippen LogP) is 11.7. The Bertz CT molecular complexity index is 1050. The van der Waals surface area contributed by atoms with Gasteiger partial charge in [-0.3, -0.25) is 9.59 Å². The van der Waals surface area contributed by atoms with Crippen LogP contribution in [0, 0.1) is 0 Å². The predicted molar refractivity (Wildman–Crippen MR) is 247 cm³/mol. The van der Waals surface area contributed by atoms with Crippen molar-refractivity contribution < 1.29 is 49.0 Å². The van der Waals surface area contributed by atoms with Crippen LogP contribution in [-0.2, 0) is 28.5 Å². The van der Waals surface area contributed by atoms with Crippen molar-refractivity contribution in [1.29, 1.82) is 0 Å². The minimum absolute atomic E-state index is 0.217. The summed E-state index contributed by atoms with van der Waals surface area (Å²) >= 11 is 0. The topological polar surface area (TPSA) is 152 Å². The van der Waals surface area contributed by atoms with Crippen LogP contribution in [0.5, 0.6) is 0 Å². The van der Waals surface area contributed by atoms with Crippen molar-refractivity contribution in [1.82, 2.24) is 0 Å². The summed E-state index contributed by atoms with van der Waals surface area (Å²) in [6.07, 6.45) is 40.5. The van der Waals surface area contributed by atoms with Crippen LogP contribution in [0.4, 0.5) is 0 Å². The summed E-state index contributed by atoms with van der Waals surface area (Å²) in [5.41, 5.74) is 0. The molecule has 0 amide bonds. The van der Waals surface area contributed by atoms with Crippen molar-refractivity contribution in [2.75, 3.05) is 19.8 Å². The van der Waals surface area contributed by atoms with Crippen LogP contribution in [0.25, 0.3) is 0 Å². The van der Waals surface area contributed by atoms with Crippen molar-refractivity contribution in [3.63, 3.8) is 0 Å². The van der Waals surface area contributed by atoms with Gasteiger partial charge in [0.15, 0.2) is 12.4 Å². The Balaban J connectivity index is 2.23. The molecular formula is C51H94O10. The fraction of sp³-hybridized carbons (Fsp3) is 0.882. The van der Waals surface area contributed by atoms with Gasteiger partial charge in [-0.2, -0.15) is 0 Å². The lowest BCUT2D eigenvalue weighted by Gasteiger charge is -2.39. The fourth-order valence-corrected chi connectivity index (χ4v) is 7.79. The average molecular weight is 867 g/mol. The summed E-state index contributed by atoms with van der Waals surface area (Å²) in [5, 5.41) is 40.1. The molecule has 2 unspecified atom stereocenters. The molecular weight excluding hydrogens is 773 g/mol. The van der Waals surface area contributed by atoms with Crippen molar-refractivity contribution in [3.8, 4) is 0 Å². The standard InChI is InChI=1S/C51H94O10/c1-3-5-7-9-11-13-15-17-19-20-21-22-23-24-25-26-28-29-31-33-35-37-39-46(53)58-42-44(43-59-51-50(57)49(56)48(55)45(41-52)61-51)60-47(54)40-38-36-34-32-30-27-18-16-14-12-10-8-6-4-2/h10,12,16,18,44-45,48-52,55-57H,3-9,11,13-15,17,19-43H2,1-2H3/b12-10+,18-16+/t44-,45-,48+,49?,50?,51-/m0/s1. The Kier molecular flexibility index (Phi) is 39.5. The summed E-state index contributed by atoms with van der Waals surface area (Å²) in [4.78, 5) is 25.4. The summed E-state index contributed by atoms with van der Waals surface area (Å²) in [5.74, 6) is -0.812. The third-order valence-corrected chi connectivity index (χ3v) is 11.8. The van der Waals surface area contributed by atoms with E-state index in [-0.39, 0.29) is 32.0 Å². The normalized spacial score (nSPS) is 19.9. The van der Waals surface area contributed by atoms with Gasteiger partial charge >= 0.3 is 11.9 Å². The maximum absolute atomic E-state index is 12.8. The van der Waals surface area contributed by atoms with Crippen molar-refractivity contribution in [2.45, 2.75) is 269 Å². The molecule has 4 N–H and O–H groups in total. The quantitative estimate of drug-likeness (QED) is 0.0265. The van der Waals surface area contributed by atoms with E-state index in [0.29, 0.717) is 6.42 Å². The molecule has 10 nitrogen and oxygen atoms in total. The number of aliphatic hydroxyl groups excluding tert-OH is 4. The number of hydrogen-bond acceptors (Lipinski definition) is 10. The zero-order valence-corrected chi connectivity index (χ0v) is 39.2. The molecule has 358 valence electrons. The summed E-state index contributed by atoms with van der Waals surface area (Å²) in [6, 6.07) is 0. The molecule has 1 rings (SSSR count). The Hall–Kier alpha value is -1.82. The van der Waals surface area contributed by atoms with E-state index in [1.54, 1.807) is 0 Å². The van der Waals surface area contributed by atoms with Gasteiger partial charge in [0.05, 0.1) is 13.2 Å². The molecule has 1 heterocycles. The molecule has 0 saturated carbocycles. The molecule has 1 aliphatic heterocycles. The van der Waals surface area contributed by atoms with Gasteiger partial charge in [0, 0.05) is 12.8 Å². The number of aliphatic hydroxyl groups is 4. The van der Waals surface area contributed by atoms with Crippen LogP contribution in [-0.4, -0.2) is 89.0 Å². The van der Waals surface area contributed by atoms with E-state index in [4.69, 9.17) is 18.9 Å². The van der Waals surface area contributed by atoms with Crippen LogP contribution in [0.1, 0.15) is 232 Å². The Labute approximate surface area is 373 Å². The lowest BCUT2D eigenvalue weighted by atomic mass is 9.99. The zero-order chi connectivity index (χ0) is 44.4. The molecule has 1 fully saturated rings. The van der Waals surface area contributed by atoms with Crippen LogP contribution < -0.4 is 0 Å². The molecule has 0 aromatic rings. The van der Waals surface area contributed by atoms with E-state index < -0.39 is 49.4 Å². The largest absolute Gasteiger partial charge is 0.462 e. The third kappa shape index (κ3) is 33.4. The van der Waals surface area contributed by atoms with Gasteiger partial charge in [0.1, 0.15) is 31.0 Å². The number of hydrogen-bond donors (Lipinski definition) is 4. The van der Waals surface area contributed by atoms with E-state index in [0.717, 1.165) is 64.2 Å². The average Bonchev–Trinajstić information content (AvgIpc) is 3.26. The lowest BCUT2D eigenvalue weighted by Crippen LogP contribution is -2.59. The van der Waals surface area contributed by atoms with Crippen LogP contribution >= 0.6 is 0 Å². The molecule has 10 heteroatoms. The highest BCUT2D eigenvalue weighted by Crippen LogP contribution is 2.23. The lowest BCUT2D eigenvalue weighted by molar-refractivity contribution is -0.305. The third-order valence-electron chi connectivity index (χ3n) is 11.8. The van der Waals surface area contributed by atoms with Gasteiger partial charge in [-0.15, -0.1) is 0 Å². The number of allylic oxidation sites excluding steroid dienone is 4. The second-order valence-electron chi connectivity index (χ2n) is 17.6. The maximum atomic E-state index is 12.8. The summed E-state index contributed by atoms with van der Waals surface area (Å²) in [6.45, 7) is 3.40. The smallest absolute Gasteiger partial charge is 0.306 e. The van der Waals surface area contributed by atoms with Crippen molar-refractivity contribution in [3.05, 3.63) is 24.3 Å². The Morgan fingerprint density at radius 2 is 0.934 bits per heavy atom. The minimum Gasteiger partial charge on any atom is -0.462 e. The number of carbonyl (C=O) groups is 2. The highest BCUT2D eigenvalue weighted by atomic mass is 16.7. The second-order valence-corrected chi connectivity index (χ2v) is 17.6. The molecule has 0 aromatic carbocycles. The van der Waals surface area contributed by atoms with Crippen molar-refractivity contribution in [2.24, 2.45) is 0 Å². The highest BCUT2D eigenvalue weighted by Gasteiger charge is 2.44. The molecule has 1 aliphatic rings. The summed E-state index contributed by atoms with van der Waals surface area (Å²) < 4.78 is 22.2. The SMILES string of the molecule is CCCC/C=C/C/C=C/CCCCCCCC(=O)O[C@@H](COC(=O)CCCCCCCCCCCCCCCCCCCCCCCC)CO[C@H]1O[C@@H](CO)[C@@H](O)C(O)C1O. The van der Waals surface area contributed by atoms with Gasteiger partial charge in [-0.1, -0.05) is 205 Å². The minimum atomic E-state index is -1.60. The number of esters is 2. The number of rotatable bonds is 43. The monoisotopic (exact) mass is 867 g/mol. The molecule has 0 aliphatic carbocycles. The van der Waals surface area contributed by atoms with E-state index in [1.807, 2.05) is 0 Å². The molecule has 0 bridgehead atoms. The van der Waals surface area contributed by atoms with Crippen molar-refractivity contribution >= 4 is 11.9 Å². The van der Waals surface area contributed by atoms with E-state index in [2.05, 4.69) is 38.2 Å². The molecule has 61 heavy (non-hydrogen) atoms. The first-order valence-corrected chi connectivity index (χ1v) is 25.4. The van der Waals surface area contributed by atoms with Gasteiger partial charge in [0.25, 0.3) is 0 Å². The molecule has 0 spiro atoms. The number of unbranched alkanes of at least 4 members (excludes halogenated alkanes) is 28. The van der Waals surface area contributed by atoms with E-state index in [1.165, 1.54) is 135 Å². The Morgan fingerprint density at radius 3 is 1.41 bits per heavy atom. The van der Waals surface area contributed by atoms with Gasteiger partial charge in [0.2, 0.25) is 0 Å². The number of carbonyl (C=O) groups excluding carboxylic acids is 2. The first kappa shape index (κ1) is 57.2.